The highest BCUT2D eigenvalue weighted by atomic mass is 16.5. The summed E-state index contributed by atoms with van der Waals surface area (Å²) >= 11 is 0. The summed E-state index contributed by atoms with van der Waals surface area (Å²) in [4.78, 5) is 25.7. The standard InChI is InChI=1S/C15H21N3O3/c1-21-13-9-11(8-12(16)10-13)15(20)17-5-4-14(19)18-6-2-3-7-18/h8-10H,2-7,16H2,1H3,(H,17,20). The van der Waals surface area contributed by atoms with Crippen molar-refractivity contribution >= 4 is 17.5 Å². The summed E-state index contributed by atoms with van der Waals surface area (Å²) in [6, 6.07) is 4.85. The van der Waals surface area contributed by atoms with Crippen LogP contribution in [-0.2, 0) is 4.79 Å². The highest BCUT2D eigenvalue weighted by molar-refractivity contribution is 5.95. The molecule has 3 N–H and O–H groups in total. The molecule has 1 saturated heterocycles. The smallest absolute Gasteiger partial charge is 0.251 e. The number of hydrogen-bond donors (Lipinski definition) is 2. The number of likely N-dealkylation sites (tertiary alicyclic amines) is 1. The highest BCUT2D eigenvalue weighted by Crippen LogP contribution is 2.18. The van der Waals surface area contributed by atoms with E-state index in [4.69, 9.17) is 10.5 Å². The Hall–Kier alpha value is -2.24. The number of rotatable bonds is 5. The lowest BCUT2D eigenvalue weighted by atomic mass is 10.1. The van der Waals surface area contributed by atoms with Gasteiger partial charge in [-0.25, -0.2) is 0 Å². The third-order valence-corrected chi connectivity index (χ3v) is 3.51. The number of nitrogens with one attached hydrogen (secondary N) is 1. The predicted octanol–water partition coefficient (Wildman–Crippen LogP) is 1.02. The Labute approximate surface area is 124 Å². The summed E-state index contributed by atoms with van der Waals surface area (Å²) in [6.45, 7) is 1.99. The predicted molar refractivity (Wildman–Crippen MR) is 80.2 cm³/mol. The van der Waals surface area contributed by atoms with Gasteiger partial charge in [-0.1, -0.05) is 0 Å². The second-order valence-corrected chi connectivity index (χ2v) is 5.09. The van der Waals surface area contributed by atoms with Gasteiger partial charge in [0.1, 0.15) is 5.75 Å². The maximum Gasteiger partial charge on any atom is 0.251 e. The number of carbonyl (C=O) groups is 2. The van der Waals surface area contributed by atoms with Gasteiger partial charge in [-0.05, 0) is 25.0 Å². The van der Waals surface area contributed by atoms with E-state index in [2.05, 4.69) is 5.32 Å². The van der Waals surface area contributed by atoms with Crippen LogP contribution in [0, 0.1) is 0 Å². The van der Waals surface area contributed by atoms with E-state index in [0.29, 0.717) is 30.0 Å². The fourth-order valence-electron chi connectivity index (χ4n) is 2.38. The molecule has 0 radical (unpaired) electrons. The minimum absolute atomic E-state index is 0.0953. The lowest BCUT2D eigenvalue weighted by molar-refractivity contribution is -0.129. The van der Waals surface area contributed by atoms with E-state index >= 15 is 0 Å². The number of nitrogens with zero attached hydrogens (tertiary/aromatic N) is 1. The molecule has 1 aliphatic rings. The van der Waals surface area contributed by atoms with Crippen molar-refractivity contribution in [1.29, 1.82) is 0 Å². The molecular formula is C15H21N3O3. The zero-order valence-electron chi connectivity index (χ0n) is 12.2. The molecule has 1 aromatic carbocycles. The lowest BCUT2D eigenvalue weighted by Gasteiger charge is -2.15. The van der Waals surface area contributed by atoms with Crippen molar-refractivity contribution < 1.29 is 14.3 Å². The van der Waals surface area contributed by atoms with E-state index in [1.807, 2.05) is 4.90 Å². The Morgan fingerprint density at radius 3 is 2.67 bits per heavy atom. The van der Waals surface area contributed by atoms with Crippen LogP contribution in [0.5, 0.6) is 5.75 Å². The molecule has 0 bridgehead atoms. The Kier molecular flexibility index (Phi) is 5.03. The van der Waals surface area contributed by atoms with Crippen LogP contribution in [-0.4, -0.2) is 43.5 Å². The summed E-state index contributed by atoms with van der Waals surface area (Å²) in [7, 11) is 1.52. The average Bonchev–Trinajstić information content (AvgIpc) is 3.00. The molecule has 0 aliphatic carbocycles. The summed E-state index contributed by atoms with van der Waals surface area (Å²) < 4.78 is 5.08. The molecule has 2 amide bonds. The van der Waals surface area contributed by atoms with Crippen LogP contribution in [0.3, 0.4) is 0 Å². The molecule has 0 saturated carbocycles. The topological polar surface area (TPSA) is 84.7 Å². The number of ether oxygens (including phenoxy) is 1. The number of methoxy groups -OCH3 is 1. The molecule has 6 heteroatoms. The van der Waals surface area contributed by atoms with Crippen molar-refractivity contribution in [3.8, 4) is 5.75 Å². The van der Waals surface area contributed by atoms with Crippen molar-refractivity contribution in [2.24, 2.45) is 0 Å². The van der Waals surface area contributed by atoms with Crippen molar-refractivity contribution in [3.63, 3.8) is 0 Å². The van der Waals surface area contributed by atoms with Crippen LogP contribution in [0.25, 0.3) is 0 Å². The number of benzene rings is 1. The molecule has 1 aromatic rings. The van der Waals surface area contributed by atoms with Crippen LogP contribution in [0.4, 0.5) is 5.69 Å². The molecular weight excluding hydrogens is 270 g/mol. The van der Waals surface area contributed by atoms with E-state index < -0.39 is 0 Å². The van der Waals surface area contributed by atoms with Crippen LogP contribution in [0.1, 0.15) is 29.6 Å². The monoisotopic (exact) mass is 291 g/mol. The first-order valence-electron chi connectivity index (χ1n) is 7.10. The van der Waals surface area contributed by atoms with Gasteiger partial charge in [0.05, 0.1) is 7.11 Å². The largest absolute Gasteiger partial charge is 0.497 e. The molecule has 0 spiro atoms. The maximum atomic E-state index is 12.0. The Morgan fingerprint density at radius 1 is 1.29 bits per heavy atom. The zero-order chi connectivity index (χ0) is 15.2. The van der Waals surface area contributed by atoms with Gasteiger partial charge in [-0.15, -0.1) is 0 Å². The van der Waals surface area contributed by atoms with Crippen molar-refractivity contribution in [1.82, 2.24) is 10.2 Å². The Balaban J connectivity index is 1.84. The maximum absolute atomic E-state index is 12.0. The highest BCUT2D eigenvalue weighted by Gasteiger charge is 2.17. The van der Waals surface area contributed by atoms with E-state index in [1.165, 1.54) is 7.11 Å². The Morgan fingerprint density at radius 2 is 2.00 bits per heavy atom. The van der Waals surface area contributed by atoms with Gasteiger partial charge in [0, 0.05) is 43.4 Å². The van der Waals surface area contributed by atoms with Crippen LogP contribution < -0.4 is 15.8 Å². The molecule has 1 heterocycles. The summed E-state index contributed by atoms with van der Waals surface area (Å²) in [5.41, 5.74) is 6.61. The second kappa shape index (κ2) is 6.97. The lowest BCUT2D eigenvalue weighted by Crippen LogP contribution is -2.32. The van der Waals surface area contributed by atoms with E-state index in [-0.39, 0.29) is 11.8 Å². The molecule has 2 rings (SSSR count). The molecule has 0 unspecified atom stereocenters. The van der Waals surface area contributed by atoms with Gasteiger partial charge in [0.25, 0.3) is 5.91 Å². The summed E-state index contributed by atoms with van der Waals surface area (Å²) in [5, 5.41) is 2.73. The van der Waals surface area contributed by atoms with Crippen LogP contribution >= 0.6 is 0 Å². The molecule has 0 aromatic heterocycles. The number of carbonyl (C=O) groups excluding carboxylic acids is 2. The van der Waals surface area contributed by atoms with E-state index in [1.54, 1.807) is 18.2 Å². The van der Waals surface area contributed by atoms with Gasteiger partial charge in [0.2, 0.25) is 5.91 Å². The van der Waals surface area contributed by atoms with Crippen LogP contribution in [0.15, 0.2) is 18.2 Å². The number of amides is 2. The van der Waals surface area contributed by atoms with Gasteiger partial charge in [0.15, 0.2) is 0 Å². The SMILES string of the molecule is COc1cc(N)cc(C(=O)NCCC(=O)N2CCCC2)c1. The molecule has 114 valence electrons. The summed E-state index contributed by atoms with van der Waals surface area (Å²) in [5.74, 6) is 0.376. The number of hydrogen-bond acceptors (Lipinski definition) is 4. The summed E-state index contributed by atoms with van der Waals surface area (Å²) in [6.07, 6.45) is 2.47. The Bertz CT molecular complexity index is 525. The number of anilines is 1. The molecule has 1 aliphatic heterocycles. The third-order valence-electron chi connectivity index (χ3n) is 3.51. The van der Waals surface area contributed by atoms with Gasteiger partial charge in [-0.3, -0.25) is 9.59 Å². The third kappa shape index (κ3) is 4.11. The molecule has 21 heavy (non-hydrogen) atoms. The van der Waals surface area contributed by atoms with E-state index in [0.717, 1.165) is 25.9 Å². The van der Waals surface area contributed by atoms with Crippen molar-refractivity contribution in [3.05, 3.63) is 23.8 Å². The first-order valence-corrected chi connectivity index (χ1v) is 7.10. The molecule has 6 nitrogen and oxygen atoms in total. The second-order valence-electron chi connectivity index (χ2n) is 5.09. The fourth-order valence-corrected chi connectivity index (χ4v) is 2.38. The first kappa shape index (κ1) is 15.2. The minimum Gasteiger partial charge on any atom is -0.497 e. The van der Waals surface area contributed by atoms with Gasteiger partial charge >= 0.3 is 0 Å². The molecule has 1 fully saturated rings. The van der Waals surface area contributed by atoms with Gasteiger partial charge in [-0.2, -0.15) is 0 Å². The molecule has 0 atom stereocenters. The van der Waals surface area contributed by atoms with Crippen molar-refractivity contribution in [2.45, 2.75) is 19.3 Å². The quantitative estimate of drug-likeness (QED) is 0.793. The first-order chi connectivity index (χ1) is 10.1. The minimum atomic E-state index is -0.255. The normalized spacial score (nSPS) is 14.0. The van der Waals surface area contributed by atoms with E-state index in [9.17, 15) is 9.59 Å². The van der Waals surface area contributed by atoms with Gasteiger partial charge < -0.3 is 20.7 Å². The number of nitrogen functional groups attached to an aromatic ring is 1. The zero-order valence-corrected chi connectivity index (χ0v) is 12.2. The fraction of sp³-hybridized carbons (Fsp3) is 0.467. The average molecular weight is 291 g/mol. The number of nitrogens with two attached hydrogens (primary N) is 1. The van der Waals surface area contributed by atoms with Crippen molar-refractivity contribution in [2.75, 3.05) is 32.5 Å². The van der Waals surface area contributed by atoms with Crippen LogP contribution in [0.2, 0.25) is 0 Å².